The third-order valence-corrected chi connectivity index (χ3v) is 5.66. The first kappa shape index (κ1) is 18.5. The maximum Gasteiger partial charge on any atom is 0.226 e. The molecule has 1 aliphatic carbocycles. The van der Waals surface area contributed by atoms with E-state index in [1.807, 2.05) is 36.4 Å². The van der Waals surface area contributed by atoms with E-state index in [0.29, 0.717) is 18.2 Å². The van der Waals surface area contributed by atoms with Gasteiger partial charge in [0, 0.05) is 35.6 Å². The molecule has 1 aliphatic heterocycles. The van der Waals surface area contributed by atoms with Gasteiger partial charge in [-0.25, -0.2) is 4.68 Å². The van der Waals surface area contributed by atoms with Crippen molar-refractivity contribution in [2.24, 2.45) is 5.41 Å². The lowest BCUT2D eigenvalue weighted by Crippen LogP contribution is -2.36. The Hall–Kier alpha value is -3.48. The van der Waals surface area contributed by atoms with Crippen LogP contribution in [0.1, 0.15) is 38.3 Å². The minimum Gasteiger partial charge on any atom is -0.497 e. The summed E-state index contributed by atoms with van der Waals surface area (Å²) in [6, 6.07) is 11.2. The number of allylic oxidation sites excluding steroid dienone is 2. The lowest BCUT2D eigenvalue weighted by Gasteiger charge is -2.38. The largest absolute Gasteiger partial charge is 0.497 e. The highest BCUT2D eigenvalue weighted by molar-refractivity contribution is 6.00. The van der Waals surface area contributed by atoms with Crippen LogP contribution in [0.25, 0.3) is 11.4 Å². The minimum atomic E-state index is -0.347. The lowest BCUT2D eigenvalue weighted by molar-refractivity contribution is -0.118. The fourth-order valence-corrected chi connectivity index (χ4v) is 4.34. The van der Waals surface area contributed by atoms with Gasteiger partial charge in [-0.1, -0.05) is 32.0 Å². The van der Waals surface area contributed by atoms with E-state index in [-0.39, 0.29) is 17.2 Å². The van der Waals surface area contributed by atoms with Crippen LogP contribution in [0.3, 0.4) is 0 Å². The number of fused-ring (bicyclic) bond motifs is 1. The smallest absolute Gasteiger partial charge is 0.226 e. The van der Waals surface area contributed by atoms with Gasteiger partial charge in [-0.05, 0) is 35.6 Å². The van der Waals surface area contributed by atoms with Gasteiger partial charge in [0.25, 0.3) is 0 Å². The summed E-state index contributed by atoms with van der Waals surface area (Å²) >= 11 is 0. The number of nitrogens with zero attached hydrogens (tertiary/aromatic N) is 4. The maximum atomic E-state index is 13.2. The van der Waals surface area contributed by atoms with Gasteiger partial charge in [-0.2, -0.15) is 4.98 Å². The summed E-state index contributed by atoms with van der Waals surface area (Å²) in [4.78, 5) is 22.2. The van der Waals surface area contributed by atoms with Crippen molar-refractivity contribution in [2.45, 2.75) is 32.7 Å². The van der Waals surface area contributed by atoms with Crippen LogP contribution in [0.4, 0.5) is 5.95 Å². The molecule has 0 radical (unpaired) electrons. The number of Topliss-reactive ketones (excluding diaryl/α,β-unsaturated/α-hetero) is 1. The zero-order chi connectivity index (χ0) is 20.9. The molecule has 0 bridgehead atoms. The predicted octanol–water partition coefficient (Wildman–Crippen LogP) is 4.01. The van der Waals surface area contributed by atoms with Crippen molar-refractivity contribution < 1.29 is 9.53 Å². The third kappa shape index (κ3) is 3.07. The second-order valence-corrected chi connectivity index (χ2v) is 8.58. The van der Waals surface area contributed by atoms with E-state index < -0.39 is 0 Å². The van der Waals surface area contributed by atoms with Crippen LogP contribution in [0, 0.1) is 5.41 Å². The monoisotopic (exact) mass is 401 g/mol. The molecule has 0 saturated carbocycles. The van der Waals surface area contributed by atoms with E-state index in [1.54, 1.807) is 24.2 Å². The van der Waals surface area contributed by atoms with E-state index in [9.17, 15) is 4.79 Å². The number of ketones is 1. The topological polar surface area (TPSA) is 81.9 Å². The Kier molecular flexibility index (Phi) is 4.20. The molecule has 7 nitrogen and oxygen atoms in total. The average Bonchev–Trinajstić information content (AvgIpc) is 3.15. The molecule has 0 saturated heterocycles. The van der Waals surface area contributed by atoms with Crippen LogP contribution in [0.15, 0.2) is 60.1 Å². The van der Waals surface area contributed by atoms with Gasteiger partial charge in [-0.15, -0.1) is 5.10 Å². The number of ether oxygens (including phenoxy) is 1. The van der Waals surface area contributed by atoms with Gasteiger partial charge in [0.2, 0.25) is 5.95 Å². The Labute approximate surface area is 174 Å². The van der Waals surface area contributed by atoms with Crippen LogP contribution in [0.5, 0.6) is 5.75 Å². The van der Waals surface area contributed by atoms with E-state index in [4.69, 9.17) is 14.8 Å². The molecule has 2 aliphatic rings. The molecule has 1 aromatic carbocycles. The summed E-state index contributed by atoms with van der Waals surface area (Å²) in [6.45, 7) is 4.24. The molecule has 3 aromatic rings. The highest BCUT2D eigenvalue weighted by atomic mass is 16.5. The van der Waals surface area contributed by atoms with E-state index in [0.717, 1.165) is 34.6 Å². The summed E-state index contributed by atoms with van der Waals surface area (Å²) in [7, 11) is 1.63. The van der Waals surface area contributed by atoms with Crippen molar-refractivity contribution in [2.75, 3.05) is 12.4 Å². The van der Waals surface area contributed by atoms with Gasteiger partial charge < -0.3 is 10.1 Å². The van der Waals surface area contributed by atoms with Crippen LogP contribution in [-0.4, -0.2) is 32.6 Å². The van der Waals surface area contributed by atoms with Crippen molar-refractivity contribution in [3.8, 4) is 17.1 Å². The number of aromatic nitrogens is 4. The fourth-order valence-electron chi connectivity index (χ4n) is 4.34. The minimum absolute atomic E-state index is 0.0970. The summed E-state index contributed by atoms with van der Waals surface area (Å²) in [5.74, 6) is 2.10. The third-order valence-electron chi connectivity index (χ3n) is 5.66. The van der Waals surface area contributed by atoms with Crippen molar-refractivity contribution in [3.63, 3.8) is 0 Å². The maximum absolute atomic E-state index is 13.2. The quantitative estimate of drug-likeness (QED) is 0.714. The Bertz CT molecular complexity index is 1160. The molecular weight excluding hydrogens is 378 g/mol. The molecule has 3 heterocycles. The van der Waals surface area contributed by atoms with Gasteiger partial charge in [0.05, 0.1) is 7.11 Å². The second kappa shape index (κ2) is 6.79. The first-order chi connectivity index (χ1) is 14.4. The van der Waals surface area contributed by atoms with Gasteiger partial charge in [-0.3, -0.25) is 9.78 Å². The fraction of sp³-hybridized carbons (Fsp3) is 0.304. The number of methoxy groups -OCH3 is 1. The molecule has 1 atom stereocenters. The first-order valence-corrected chi connectivity index (χ1v) is 9.99. The zero-order valence-corrected chi connectivity index (χ0v) is 17.2. The molecule has 152 valence electrons. The van der Waals surface area contributed by atoms with Crippen LogP contribution in [-0.2, 0) is 4.79 Å². The van der Waals surface area contributed by atoms with E-state index in [1.165, 1.54) is 0 Å². The van der Waals surface area contributed by atoms with E-state index >= 15 is 0 Å². The van der Waals surface area contributed by atoms with Crippen LogP contribution in [0.2, 0.25) is 0 Å². The molecule has 7 heteroatoms. The normalized spacial score (nSPS) is 19.7. The second-order valence-electron chi connectivity index (χ2n) is 8.58. The van der Waals surface area contributed by atoms with Crippen molar-refractivity contribution in [3.05, 3.63) is 65.6 Å². The van der Waals surface area contributed by atoms with Crippen molar-refractivity contribution in [1.82, 2.24) is 19.7 Å². The molecule has 0 spiro atoms. The molecule has 0 amide bonds. The molecule has 0 unspecified atom stereocenters. The Balaban J connectivity index is 1.66. The number of pyridine rings is 1. The number of hydrogen-bond acceptors (Lipinski definition) is 6. The lowest BCUT2D eigenvalue weighted by atomic mass is 9.73. The first-order valence-electron chi connectivity index (χ1n) is 9.99. The summed E-state index contributed by atoms with van der Waals surface area (Å²) in [5, 5.41) is 8.19. The van der Waals surface area contributed by atoms with Crippen molar-refractivity contribution in [1.29, 1.82) is 0 Å². The SMILES string of the molecule is COc1cccc(-c2nc3n(n2)[C@@H](c2cccnc2)C2=C(CC(C)(C)CC2=O)N3)c1. The molecular formula is C23H23N5O2. The molecule has 0 fully saturated rings. The highest BCUT2D eigenvalue weighted by Crippen LogP contribution is 2.45. The van der Waals surface area contributed by atoms with Crippen molar-refractivity contribution >= 4 is 11.7 Å². The Morgan fingerprint density at radius 1 is 1.20 bits per heavy atom. The molecule has 30 heavy (non-hydrogen) atoms. The molecule has 1 N–H and O–H groups in total. The van der Waals surface area contributed by atoms with Crippen LogP contribution < -0.4 is 10.1 Å². The Morgan fingerprint density at radius 3 is 2.83 bits per heavy atom. The number of benzene rings is 1. The van der Waals surface area contributed by atoms with Gasteiger partial charge >= 0.3 is 0 Å². The Morgan fingerprint density at radius 2 is 2.07 bits per heavy atom. The number of rotatable bonds is 3. The number of carbonyl (C=O) groups is 1. The average molecular weight is 401 g/mol. The summed E-state index contributed by atoms with van der Waals surface area (Å²) in [6.07, 6.45) is 4.82. The summed E-state index contributed by atoms with van der Waals surface area (Å²) < 4.78 is 7.15. The molecule has 5 rings (SSSR count). The number of carbonyl (C=O) groups excluding carboxylic acids is 1. The molecule has 2 aromatic heterocycles. The highest BCUT2D eigenvalue weighted by Gasteiger charge is 2.42. The predicted molar refractivity (Wildman–Crippen MR) is 113 cm³/mol. The standard InChI is InChI=1S/C23H23N5O2/c1-23(2)11-17-19(18(29)12-23)20(15-7-5-9-24-13-15)28-22(25-17)26-21(27-28)14-6-4-8-16(10-14)30-3/h4-10,13,20H,11-12H2,1-3H3,(H,25,26,27)/t20-/m0/s1. The number of nitrogens with one attached hydrogen (secondary N) is 1. The van der Waals surface area contributed by atoms with Gasteiger partial charge in [0.15, 0.2) is 11.6 Å². The van der Waals surface area contributed by atoms with E-state index in [2.05, 4.69) is 24.1 Å². The zero-order valence-electron chi connectivity index (χ0n) is 17.2. The van der Waals surface area contributed by atoms with Gasteiger partial charge in [0.1, 0.15) is 11.8 Å². The van der Waals surface area contributed by atoms with Crippen LogP contribution >= 0.6 is 0 Å². The number of anilines is 1. The number of hydrogen-bond donors (Lipinski definition) is 1. The summed E-state index contributed by atoms with van der Waals surface area (Å²) in [5.41, 5.74) is 3.37.